The molecule has 0 aliphatic heterocycles. The zero-order valence-corrected chi connectivity index (χ0v) is 13.8. The predicted octanol–water partition coefficient (Wildman–Crippen LogP) is 4.83. The van der Waals surface area contributed by atoms with E-state index in [2.05, 4.69) is 5.18 Å². The predicted molar refractivity (Wildman–Crippen MR) is 95.1 cm³/mol. The van der Waals surface area contributed by atoms with Gasteiger partial charge in [0.15, 0.2) is 5.69 Å². The van der Waals surface area contributed by atoms with Crippen LogP contribution in [0.1, 0.15) is 17.5 Å². The summed E-state index contributed by atoms with van der Waals surface area (Å²) in [6.45, 7) is 4.99. The highest BCUT2D eigenvalue weighted by molar-refractivity contribution is 5.97. The van der Waals surface area contributed by atoms with Gasteiger partial charge in [0.05, 0.1) is 12.1 Å². The Morgan fingerprint density at radius 1 is 1.08 bits per heavy atom. The van der Waals surface area contributed by atoms with Crippen LogP contribution < -0.4 is 4.74 Å². The quantitative estimate of drug-likeness (QED) is 0.521. The van der Waals surface area contributed by atoms with E-state index in [-0.39, 0.29) is 11.6 Å². The van der Waals surface area contributed by atoms with Gasteiger partial charge in [-0.2, -0.15) is 0 Å². The molecule has 3 rings (SSSR count). The van der Waals surface area contributed by atoms with Gasteiger partial charge in [-0.1, -0.05) is 30.3 Å². The molecular weight excluding hydrogens is 304 g/mol. The Morgan fingerprint density at radius 3 is 2.58 bits per heavy atom. The van der Waals surface area contributed by atoms with Crippen molar-refractivity contribution in [3.63, 3.8) is 0 Å². The number of fused-ring (bicyclic) bond motifs is 1. The highest BCUT2D eigenvalue weighted by atomic mass is 16.5. The Balaban J connectivity index is 1.76. The second-order valence-electron chi connectivity index (χ2n) is 5.85. The van der Waals surface area contributed by atoms with Crippen LogP contribution in [0.3, 0.4) is 0 Å². The molecule has 0 amide bonds. The van der Waals surface area contributed by atoms with Crippen LogP contribution in [0, 0.1) is 18.8 Å². The molecule has 124 valence electrons. The maximum atomic E-state index is 11.1. The lowest BCUT2D eigenvalue weighted by molar-refractivity contribution is 0.296. The van der Waals surface area contributed by atoms with E-state index < -0.39 is 0 Å². The van der Waals surface area contributed by atoms with E-state index in [0.717, 1.165) is 22.4 Å². The SMILES string of the molecule is Cc1ccccc1OCCCn1c(O)c(N=O)c2c(C)cccc21. The van der Waals surface area contributed by atoms with Gasteiger partial charge in [0.2, 0.25) is 5.88 Å². The molecule has 0 saturated carbocycles. The maximum Gasteiger partial charge on any atom is 0.222 e. The monoisotopic (exact) mass is 324 g/mol. The van der Waals surface area contributed by atoms with Crippen LogP contribution >= 0.6 is 0 Å². The number of benzene rings is 2. The minimum absolute atomic E-state index is 0.0785. The molecule has 0 aliphatic carbocycles. The first-order valence-corrected chi connectivity index (χ1v) is 7.96. The molecule has 0 spiro atoms. The molecule has 0 bridgehead atoms. The molecule has 0 radical (unpaired) electrons. The minimum atomic E-state index is -0.0785. The standard InChI is InChI=1S/C19H20N2O3/c1-13-7-3-4-10-16(13)24-12-6-11-21-15-9-5-8-14(2)17(15)18(20-23)19(21)22/h3-5,7-10,22H,6,11-12H2,1-2H3. The molecule has 0 fully saturated rings. The average Bonchev–Trinajstić information content (AvgIpc) is 2.86. The van der Waals surface area contributed by atoms with Crippen molar-refractivity contribution in [3.05, 3.63) is 58.5 Å². The fourth-order valence-electron chi connectivity index (χ4n) is 2.97. The summed E-state index contributed by atoms with van der Waals surface area (Å²) in [5.74, 6) is 0.787. The maximum absolute atomic E-state index is 11.1. The van der Waals surface area contributed by atoms with E-state index >= 15 is 0 Å². The Labute approximate surface area is 140 Å². The number of aromatic nitrogens is 1. The van der Waals surface area contributed by atoms with Crippen LogP contribution in [0.2, 0.25) is 0 Å². The number of nitroso groups, excluding NO2 is 1. The number of hydrogen-bond acceptors (Lipinski definition) is 4. The largest absolute Gasteiger partial charge is 0.493 e. The van der Waals surface area contributed by atoms with Gasteiger partial charge in [0.1, 0.15) is 5.75 Å². The Hall–Kier alpha value is -2.82. The van der Waals surface area contributed by atoms with Gasteiger partial charge in [-0.15, -0.1) is 4.91 Å². The first-order valence-electron chi connectivity index (χ1n) is 7.96. The Morgan fingerprint density at radius 2 is 1.83 bits per heavy atom. The zero-order chi connectivity index (χ0) is 17.1. The van der Waals surface area contributed by atoms with Crippen LogP contribution in [0.15, 0.2) is 47.6 Å². The lowest BCUT2D eigenvalue weighted by Gasteiger charge is -2.10. The van der Waals surface area contributed by atoms with E-state index in [4.69, 9.17) is 4.74 Å². The minimum Gasteiger partial charge on any atom is -0.493 e. The highest BCUT2D eigenvalue weighted by Gasteiger charge is 2.18. The molecule has 3 aromatic rings. The van der Waals surface area contributed by atoms with Crippen molar-refractivity contribution in [3.8, 4) is 11.6 Å². The summed E-state index contributed by atoms with van der Waals surface area (Å²) in [7, 11) is 0. The number of ether oxygens (including phenoxy) is 1. The second-order valence-corrected chi connectivity index (χ2v) is 5.85. The van der Waals surface area contributed by atoms with Crippen LogP contribution in [0.4, 0.5) is 5.69 Å². The number of rotatable bonds is 6. The first-order chi connectivity index (χ1) is 11.6. The molecule has 1 heterocycles. The van der Waals surface area contributed by atoms with Crippen molar-refractivity contribution in [1.29, 1.82) is 0 Å². The highest BCUT2D eigenvalue weighted by Crippen LogP contribution is 2.40. The van der Waals surface area contributed by atoms with Crippen molar-refractivity contribution in [1.82, 2.24) is 4.57 Å². The molecule has 2 aromatic carbocycles. The molecular formula is C19H20N2O3. The lowest BCUT2D eigenvalue weighted by Crippen LogP contribution is -2.04. The molecule has 0 aliphatic rings. The van der Waals surface area contributed by atoms with E-state index in [1.807, 2.05) is 56.3 Å². The van der Waals surface area contributed by atoms with Crippen LogP contribution in [0.5, 0.6) is 11.6 Å². The van der Waals surface area contributed by atoms with Crippen LogP contribution in [0.25, 0.3) is 10.9 Å². The summed E-state index contributed by atoms with van der Waals surface area (Å²) in [4.78, 5) is 11.1. The number of aromatic hydroxyl groups is 1. The zero-order valence-electron chi connectivity index (χ0n) is 13.8. The molecule has 0 unspecified atom stereocenters. The third kappa shape index (κ3) is 2.85. The normalized spacial score (nSPS) is 10.9. The Kier molecular flexibility index (Phi) is 4.51. The molecule has 24 heavy (non-hydrogen) atoms. The van der Waals surface area contributed by atoms with Gasteiger partial charge < -0.3 is 14.4 Å². The van der Waals surface area contributed by atoms with Gasteiger partial charge in [0, 0.05) is 11.9 Å². The lowest BCUT2D eigenvalue weighted by atomic mass is 10.1. The first kappa shape index (κ1) is 16.1. The fourth-order valence-corrected chi connectivity index (χ4v) is 2.97. The number of aryl methyl sites for hydroxylation is 3. The number of para-hydroxylation sites is 1. The van der Waals surface area contributed by atoms with Gasteiger partial charge in [-0.25, -0.2) is 0 Å². The smallest absolute Gasteiger partial charge is 0.222 e. The summed E-state index contributed by atoms with van der Waals surface area (Å²) in [6.07, 6.45) is 0.706. The molecule has 0 atom stereocenters. The topological polar surface area (TPSA) is 63.8 Å². The van der Waals surface area contributed by atoms with Crippen molar-refractivity contribution in [2.75, 3.05) is 6.61 Å². The van der Waals surface area contributed by atoms with Gasteiger partial charge in [0.25, 0.3) is 0 Å². The summed E-state index contributed by atoms with van der Waals surface area (Å²) in [5.41, 5.74) is 2.95. The number of nitrogens with zero attached hydrogens (tertiary/aromatic N) is 2. The van der Waals surface area contributed by atoms with Crippen molar-refractivity contribution in [2.45, 2.75) is 26.8 Å². The second kappa shape index (κ2) is 6.74. The fraction of sp³-hybridized carbons (Fsp3) is 0.263. The summed E-state index contributed by atoms with van der Waals surface area (Å²) < 4.78 is 7.51. The van der Waals surface area contributed by atoms with E-state index in [1.165, 1.54) is 0 Å². The number of hydrogen-bond donors (Lipinski definition) is 1. The molecule has 0 saturated heterocycles. The van der Waals surface area contributed by atoms with E-state index in [1.54, 1.807) is 4.57 Å². The molecule has 5 nitrogen and oxygen atoms in total. The molecule has 5 heteroatoms. The van der Waals surface area contributed by atoms with Gasteiger partial charge >= 0.3 is 0 Å². The van der Waals surface area contributed by atoms with Crippen molar-refractivity contribution >= 4 is 16.6 Å². The summed E-state index contributed by atoms with van der Waals surface area (Å²) in [5, 5.41) is 14.1. The van der Waals surface area contributed by atoms with Crippen LogP contribution in [-0.4, -0.2) is 16.3 Å². The van der Waals surface area contributed by atoms with Crippen molar-refractivity contribution in [2.24, 2.45) is 5.18 Å². The van der Waals surface area contributed by atoms with E-state index in [9.17, 15) is 10.0 Å². The molecule has 1 aromatic heterocycles. The van der Waals surface area contributed by atoms with E-state index in [0.29, 0.717) is 25.0 Å². The van der Waals surface area contributed by atoms with Gasteiger partial charge in [-0.05, 0) is 48.7 Å². The van der Waals surface area contributed by atoms with Crippen molar-refractivity contribution < 1.29 is 9.84 Å². The third-order valence-corrected chi connectivity index (χ3v) is 4.21. The summed E-state index contributed by atoms with van der Waals surface area (Å²) in [6, 6.07) is 13.6. The average molecular weight is 324 g/mol. The van der Waals surface area contributed by atoms with Gasteiger partial charge in [-0.3, -0.25) is 0 Å². The Bertz CT molecular complexity index is 884. The molecule has 1 N–H and O–H groups in total. The summed E-state index contributed by atoms with van der Waals surface area (Å²) >= 11 is 0. The third-order valence-electron chi connectivity index (χ3n) is 4.21. The van der Waals surface area contributed by atoms with Crippen LogP contribution in [-0.2, 0) is 6.54 Å².